The molecule has 3 amide bonds. The number of hydrogen-bond donors (Lipinski definition) is 2. The molecule has 0 fully saturated rings. The zero-order valence-electron chi connectivity index (χ0n) is 20.6. The van der Waals surface area contributed by atoms with Gasteiger partial charge in [0.15, 0.2) is 0 Å². The molecule has 0 bridgehead atoms. The molecular weight excluding hydrogens is 454 g/mol. The topological polar surface area (TPSA) is 87.7 Å². The van der Waals surface area contributed by atoms with E-state index in [0.717, 1.165) is 5.56 Å². The number of para-hydroxylation sites is 1. The maximum atomic E-state index is 13.6. The zero-order valence-corrected chi connectivity index (χ0v) is 21.4. The number of benzene rings is 2. The van der Waals surface area contributed by atoms with E-state index in [0.29, 0.717) is 22.7 Å². The van der Waals surface area contributed by atoms with Crippen molar-refractivity contribution >= 4 is 35.2 Å². The Morgan fingerprint density at radius 3 is 2.26 bits per heavy atom. The van der Waals surface area contributed by atoms with Gasteiger partial charge in [0.25, 0.3) is 5.91 Å². The number of aryl methyl sites for hydroxylation is 1. The number of alkyl carbamates (subject to hydrolysis) is 1. The van der Waals surface area contributed by atoms with Crippen LogP contribution in [-0.4, -0.2) is 41.0 Å². The Hall–Kier alpha value is -3.06. The molecule has 0 aliphatic carbocycles. The minimum Gasteiger partial charge on any atom is -0.444 e. The molecule has 0 heterocycles. The van der Waals surface area contributed by atoms with Crippen LogP contribution in [0.5, 0.6) is 0 Å². The second-order valence-electron chi connectivity index (χ2n) is 9.15. The molecule has 0 aliphatic heterocycles. The standard InChI is InChI=1S/C26H34ClN3O4/c1-7-18(3)30(21(31)16-28-25(33)34-26(4,5)6)23(19-13-9-8-10-14-19)24(32)29-22-17(2)12-11-15-20(22)27/h8-15,18,23H,7,16H2,1-6H3,(H,28,33)(H,29,32). The number of amides is 3. The predicted molar refractivity (Wildman–Crippen MR) is 135 cm³/mol. The van der Waals surface area contributed by atoms with Crippen molar-refractivity contribution in [2.75, 3.05) is 11.9 Å². The molecule has 2 atom stereocenters. The molecule has 0 spiro atoms. The highest BCUT2D eigenvalue weighted by molar-refractivity contribution is 6.34. The first kappa shape index (κ1) is 27.2. The maximum Gasteiger partial charge on any atom is 0.408 e. The number of anilines is 1. The molecule has 2 aromatic carbocycles. The average molecular weight is 488 g/mol. The van der Waals surface area contributed by atoms with Crippen LogP contribution in [-0.2, 0) is 14.3 Å². The van der Waals surface area contributed by atoms with Crippen molar-refractivity contribution in [3.8, 4) is 0 Å². The molecule has 2 N–H and O–H groups in total. The van der Waals surface area contributed by atoms with Crippen molar-refractivity contribution in [2.45, 2.75) is 65.6 Å². The molecule has 0 saturated carbocycles. The summed E-state index contributed by atoms with van der Waals surface area (Å²) in [6, 6.07) is 13.2. The lowest BCUT2D eigenvalue weighted by molar-refractivity contribution is -0.140. The molecule has 8 heteroatoms. The van der Waals surface area contributed by atoms with E-state index in [1.165, 1.54) is 4.90 Å². The lowest BCUT2D eigenvalue weighted by atomic mass is 10.0. The van der Waals surface area contributed by atoms with Gasteiger partial charge >= 0.3 is 6.09 Å². The van der Waals surface area contributed by atoms with Gasteiger partial charge < -0.3 is 20.3 Å². The Bertz CT molecular complexity index is 985. The van der Waals surface area contributed by atoms with E-state index < -0.39 is 29.6 Å². The third kappa shape index (κ3) is 7.48. The first-order valence-electron chi connectivity index (χ1n) is 11.3. The van der Waals surface area contributed by atoms with Crippen molar-refractivity contribution in [1.29, 1.82) is 0 Å². The van der Waals surface area contributed by atoms with Crippen molar-refractivity contribution < 1.29 is 19.1 Å². The molecular formula is C26H34ClN3O4. The maximum absolute atomic E-state index is 13.6. The van der Waals surface area contributed by atoms with Gasteiger partial charge in [-0.2, -0.15) is 0 Å². The van der Waals surface area contributed by atoms with E-state index in [2.05, 4.69) is 10.6 Å². The number of nitrogens with zero attached hydrogens (tertiary/aromatic N) is 1. The first-order chi connectivity index (χ1) is 15.9. The van der Waals surface area contributed by atoms with E-state index in [4.69, 9.17) is 16.3 Å². The SMILES string of the molecule is CCC(C)N(C(=O)CNC(=O)OC(C)(C)C)C(C(=O)Nc1c(C)cccc1Cl)c1ccccc1. The summed E-state index contributed by atoms with van der Waals surface area (Å²) < 4.78 is 5.24. The molecule has 0 aromatic heterocycles. The summed E-state index contributed by atoms with van der Waals surface area (Å²) in [4.78, 5) is 40.6. The van der Waals surface area contributed by atoms with Crippen molar-refractivity contribution in [3.63, 3.8) is 0 Å². The normalized spacial score (nSPS) is 12.9. The van der Waals surface area contributed by atoms with Crippen molar-refractivity contribution in [2.24, 2.45) is 0 Å². The Kier molecular flexibility index (Phi) is 9.50. The lowest BCUT2D eigenvalue weighted by Gasteiger charge is -2.36. The fraction of sp³-hybridized carbons (Fsp3) is 0.423. The number of carbonyl (C=O) groups is 3. The predicted octanol–water partition coefficient (Wildman–Crippen LogP) is 5.48. The van der Waals surface area contributed by atoms with Crippen molar-refractivity contribution in [3.05, 3.63) is 64.7 Å². The summed E-state index contributed by atoms with van der Waals surface area (Å²) in [6.45, 7) is 10.6. The fourth-order valence-electron chi connectivity index (χ4n) is 3.45. The molecule has 0 aliphatic rings. The van der Waals surface area contributed by atoms with Crippen LogP contribution in [0.2, 0.25) is 5.02 Å². The molecule has 7 nitrogen and oxygen atoms in total. The van der Waals surface area contributed by atoms with Gasteiger partial charge in [0.2, 0.25) is 5.91 Å². The van der Waals surface area contributed by atoms with Gasteiger partial charge in [0, 0.05) is 6.04 Å². The van der Waals surface area contributed by atoms with Gasteiger partial charge in [-0.3, -0.25) is 9.59 Å². The second-order valence-corrected chi connectivity index (χ2v) is 9.56. The molecule has 0 saturated heterocycles. The monoisotopic (exact) mass is 487 g/mol. The Balaban J connectivity index is 2.39. The zero-order chi connectivity index (χ0) is 25.5. The quantitative estimate of drug-likeness (QED) is 0.516. The Morgan fingerprint density at radius 1 is 1.06 bits per heavy atom. The van der Waals surface area contributed by atoms with E-state index in [-0.39, 0.29) is 12.6 Å². The van der Waals surface area contributed by atoms with E-state index in [1.807, 2.05) is 45.0 Å². The third-order valence-electron chi connectivity index (χ3n) is 5.25. The molecule has 2 aromatic rings. The van der Waals surface area contributed by atoms with E-state index in [1.54, 1.807) is 45.0 Å². The van der Waals surface area contributed by atoms with Crippen molar-refractivity contribution in [1.82, 2.24) is 10.2 Å². The van der Waals surface area contributed by atoms with Crippen LogP contribution in [0.3, 0.4) is 0 Å². The smallest absolute Gasteiger partial charge is 0.408 e. The number of nitrogens with one attached hydrogen (secondary N) is 2. The number of carbonyl (C=O) groups excluding carboxylic acids is 3. The Labute approximate surface area is 206 Å². The highest BCUT2D eigenvalue weighted by Gasteiger charge is 2.35. The molecule has 2 unspecified atom stereocenters. The third-order valence-corrected chi connectivity index (χ3v) is 5.56. The van der Waals surface area contributed by atoms with Crippen LogP contribution in [0, 0.1) is 6.92 Å². The largest absolute Gasteiger partial charge is 0.444 e. The van der Waals surface area contributed by atoms with Crippen LogP contribution in [0.1, 0.15) is 58.2 Å². The summed E-state index contributed by atoms with van der Waals surface area (Å²) in [5.74, 6) is -0.798. The van der Waals surface area contributed by atoms with Gasteiger partial charge in [-0.05, 0) is 58.2 Å². The minimum absolute atomic E-state index is 0.281. The van der Waals surface area contributed by atoms with E-state index in [9.17, 15) is 14.4 Å². The summed E-state index contributed by atoms with van der Waals surface area (Å²) in [5.41, 5.74) is 1.26. The van der Waals surface area contributed by atoms with Gasteiger partial charge in [-0.25, -0.2) is 4.79 Å². The lowest BCUT2D eigenvalue weighted by Crippen LogP contribution is -2.50. The molecule has 34 heavy (non-hydrogen) atoms. The number of halogens is 1. The molecule has 2 rings (SSSR count). The Morgan fingerprint density at radius 2 is 1.71 bits per heavy atom. The fourth-order valence-corrected chi connectivity index (χ4v) is 3.72. The summed E-state index contributed by atoms with van der Waals surface area (Å²) >= 11 is 6.34. The van der Waals surface area contributed by atoms with Gasteiger partial charge in [-0.1, -0.05) is 61.0 Å². The number of hydrogen-bond acceptors (Lipinski definition) is 4. The summed E-state index contributed by atoms with van der Waals surface area (Å²) in [7, 11) is 0. The first-order valence-corrected chi connectivity index (χ1v) is 11.7. The minimum atomic E-state index is -0.931. The summed E-state index contributed by atoms with van der Waals surface area (Å²) in [5, 5.41) is 5.83. The number of rotatable bonds is 8. The van der Waals surface area contributed by atoms with Crippen LogP contribution < -0.4 is 10.6 Å². The van der Waals surface area contributed by atoms with Crippen LogP contribution in [0.4, 0.5) is 10.5 Å². The van der Waals surface area contributed by atoms with Gasteiger partial charge in [-0.15, -0.1) is 0 Å². The second kappa shape index (κ2) is 11.9. The highest BCUT2D eigenvalue weighted by atomic mass is 35.5. The molecule has 0 radical (unpaired) electrons. The van der Waals surface area contributed by atoms with Gasteiger partial charge in [0.05, 0.1) is 10.7 Å². The average Bonchev–Trinajstić information content (AvgIpc) is 2.77. The number of ether oxygens (including phenoxy) is 1. The summed E-state index contributed by atoms with van der Waals surface area (Å²) in [6.07, 6.45) is -0.0859. The van der Waals surface area contributed by atoms with Crippen LogP contribution in [0.25, 0.3) is 0 Å². The van der Waals surface area contributed by atoms with Crippen LogP contribution >= 0.6 is 11.6 Å². The van der Waals surface area contributed by atoms with Crippen LogP contribution in [0.15, 0.2) is 48.5 Å². The highest BCUT2D eigenvalue weighted by Crippen LogP contribution is 2.30. The molecule has 184 valence electrons. The van der Waals surface area contributed by atoms with Gasteiger partial charge in [0.1, 0.15) is 18.2 Å². The van der Waals surface area contributed by atoms with E-state index >= 15 is 0 Å².